The Hall–Kier alpha value is -2.07. The predicted octanol–water partition coefficient (Wildman–Crippen LogP) is 5.38. The number of fused-ring (bicyclic) bond motifs is 1. The number of hydrogen-bond acceptors (Lipinski definition) is 3. The van der Waals surface area contributed by atoms with Crippen LogP contribution in [0.3, 0.4) is 0 Å². The number of halogens is 2. The van der Waals surface area contributed by atoms with Gasteiger partial charge in [-0.2, -0.15) is 0 Å². The summed E-state index contributed by atoms with van der Waals surface area (Å²) in [4.78, 5) is 2.71. The summed E-state index contributed by atoms with van der Waals surface area (Å²) in [5.74, 6) is 1.13. The first-order valence-electron chi connectivity index (χ1n) is 6.52. The lowest BCUT2D eigenvalue weighted by molar-refractivity contribution is 0.0584. The first-order chi connectivity index (χ1) is 10.6. The van der Waals surface area contributed by atoms with Crippen LogP contribution in [0.4, 0.5) is 0 Å². The highest BCUT2D eigenvalue weighted by atomic mass is 35.5. The molecular weight excluding hydrogens is 325 g/mol. The molecule has 0 saturated carbocycles. The van der Waals surface area contributed by atoms with Crippen LogP contribution in [0.1, 0.15) is 5.56 Å². The van der Waals surface area contributed by atoms with Crippen LogP contribution in [-0.2, 0) is 0 Å². The maximum absolute atomic E-state index is 8.40. The van der Waals surface area contributed by atoms with E-state index in [-0.39, 0.29) is 6.54 Å². The van der Waals surface area contributed by atoms with Crippen molar-refractivity contribution in [1.82, 2.24) is 0 Å². The Labute approximate surface area is 137 Å². The second kappa shape index (κ2) is 5.97. The third-order valence-electron chi connectivity index (χ3n) is 3.30. The normalized spacial score (nSPS) is 15.5. The molecule has 0 N–H and O–H groups in total. The molecule has 0 aliphatic carbocycles. The van der Waals surface area contributed by atoms with Crippen molar-refractivity contribution in [1.29, 1.82) is 0 Å². The summed E-state index contributed by atoms with van der Waals surface area (Å²) in [7, 11) is 0. The van der Waals surface area contributed by atoms with Crippen molar-refractivity contribution < 1.29 is 9.47 Å². The Bertz CT molecular complexity index is 789. The average molecular weight is 336 g/mol. The Balaban J connectivity index is 2.06. The van der Waals surface area contributed by atoms with Crippen LogP contribution in [0, 0.1) is 6.92 Å². The molecule has 1 aliphatic rings. The SMILES string of the molecule is Cc1cc(Cl)ccc1-c1cc(Cl)cc2c1OC(CN=[N+]=[N-])O2. The molecule has 0 bridgehead atoms. The molecule has 1 aliphatic heterocycles. The fourth-order valence-corrected chi connectivity index (χ4v) is 2.82. The molecule has 22 heavy (non-hydrogen) atoms. The van der Waals surface area contributed by atoms with Gasteiger partial charge >= 0.3 is 0 Å². The summed E-state index contributed by atoms with van der Waals surface area (Å²) in [6, 6.07) is 9.09. The second-order valence-electron chi connectivity index (χ2n) is 4.82. The third-order valence-corrected chi connectivity index (χ3v) is 3.75. The van der Waals surface area contributed by atoms with Gasteiger partial charge in [-0.1, -0.05) is 34.4 Å². The van der Waals surface area contributed by atoms with E-state index in [9.17, 15) is 0 Å². The summed E-state index contributed by atoms with van der Waals surface area (Å²) in [5, 5.41) is 4.67. The van der Waals surface area contributed by atoms with Gasteiger partial charge in [0, 0.05) is 26.6 Å². The minimum Gasteiger partial charge on any atom is -0.451 e. The summed E-state index contributed by atoms with van der Waals surface area (Å²) in [6.45, 7) is 2.05. The van der Waals surface area contributed by atoms with Crippen LogP contribution in [-0.4, -0.2) is 12.8 Å². The first-order valence-corrected chi connectivity index (χ1v) is 7.28. The maximum Gasteiger partial charge on any atom is 0.247 e. The lowest BCUT2D eigenvalue weighted by Gasteiger charge is -2.11. The number of azide groups is 1. The van der Waals surface area contributed by atoms with Gasteiger partial charge in [0.25, 0.3) is 0 Å². The molecule has 0 saturated heterocycles. The lowest BCUT2D eigenvalue weighted by atomic mass is 9.99. The van der Waals surface area contributed by atoms with Crippen molar-refractivity contribution in [3.8, 4) is 22.6 Å². The molecule has 1 unspecified atom stereocenters. The van der Waals surface area contributed by atoms with E-state index < -0.39 is 6.29 Å². The van der Waals surface area contributed by atoms with Crippen molar-refractivity contribution in [3.05, 3.63) is 56.4 Å². The summed E-state index contributed by atoms with van der Waals surface area (Å²) in [6.07, 6.45) is -0.643. The zero-order valence-corrected chi connectivity index (χ0v) is 13.1. The molecule has 0 spiro atoms. The van der Waals surface area contributed by atoms with E-state index in [1.807, 2.05) is 31.2 Å². The summed E-state index contributed by atoms with van der Waals surface area (Å²) < 4.78 is 11.4. The van der Waals surface area contributed by atoms with Gasteiger partial charge in [-0.05, 0) is 41.8 Å². The highest BCUT2D eigenvalue weighted by Crippen LogP contribution is 2.46. The minimum absolute atomic E-state index is 0.0852. The van der Waals surface area contributed by atoms with E-state index in [1.165, 1.54) is 0 Å². The fourth-order valence-electron chi connectivity index (χ4n) is 2.38. The van der Waals surface area contributed by atoms with Crippen molar-refractivity contribution in [3.63, 3.8) is 0 Å². The van der Waals surface area contributed by atoms with Crippen LogP contribution < -0.4 is 9.47 Å². The Morgan fingerprint density at radius 2 is 1.95 bits per heavy atom. The highest BCUT2D eigenvalue weighted by Gasteiger charge is 2.28. The van der Waals surface area contributed by atoms with Gasteiger partial charge in [-0.25, -0.2) is 0 Å². The molecule has 5 nitrogen and oxygen atoms in total. The molecule has 2 aromatic rings. The zero-order chi connectivity index (χ0) is 15.7. The van der Waals surface area contributed by atoms with E-state index >= 15 is 0 Å². The van der Waals surface area contributed by atoms with E-state index in [0.29, 0.717) is 21.5 Å². The maximum atomic E-state index is 8.40. The third kappa shape index (κ3) is 2.79. The Kier molecular flexibility index (Phi) is 4.03. The standard InChI is InChI=1S/C15H11Cl2N3O2/c1-8-4-9(16)2-3-11(8)12-5-10(17)6-13-15(12)22-14(21-13)7-19-20-18/h2-6,14H,7H2,1H3. The molecule has 0 fully saturated rings. The molecular formula is C15H11Cl2N3O2. The monoisotopic (exact) mass is 335 g/mol. The highest BCUT2D eigenvalue weighted by molar-refractivity contribution is 6.31. The lowest BCUT2D eigenvalue weighted by Crippen LogP contribution is -2.21. The van der Waals surface area contributed by atoms with Crippen molar-refractivity contribution >= 4 is 23.2 Å². The van der Waals surface area contributed by atoms with Crippen molar-refractivity contribution in [2.45, 2.75) is 13.2 Å². The molecule has 0 radical (unpaired) electrons. The topological polar surface area (TPSA) is 67.2 Å². The largest absolute Gasteiger partial charge is 0.451 e. The summed E-state index contributed by atoms with van der Waals surface area (Å²) in [5.41, 5.74) is 11.2. The van der Waals surface area contributed by atoms with E-state index in [4.69, 9.17) is 38.2 Å². The van der Waals surface area contributed by atoms with Gasteiger partial charge in [0.1, 0.15) is 6.54 Å². The molecule has 0 amide bonds. The van der Waals surface area contributed by atoms with Crippen molar-refractivity contribution in [2.75, 3.05) is 6.54 Å². The molecule has 112 valence electrons. The number of benzene rings is 2. The second-order valence-corrected chi connectivity index (χ2v) is 5.69. The fraction of sp³-hybridized carbons (Fsp3) is 0.200. The van der Waals surface area contributed by atoms with E-state index in [2.05, 4.69) is 10.0 Å². The molecule has 1 heterocycles. The van der Waals surface area contributed by atoms with Crippen LogP contribution in [0.2, 0.25) is 10.0 Å². The van der Waals surface area contributed by atoms with Gasteiger partial charge in [-0.15, -0.1) is 0 Å². The van der Waals surface area contributed by atoms with Crippen LogP contribution in [0.25, 0.3) is 21.6 Å². The number of nitrogens with zero attached hydrogens (tertiary/aromatic N) is 3. The van der Waals surface area contributed by atoms with Gasteiger partial charge in [0.2, 0.25) is 6.29 Å². The zero-order valence-electron chi connectivity index (χ0n) is 11.6. The van der Waals surface area contributed by atoms with Crippen LogP contribution in [0.15, 0.2) is 35.4 Å². The first kappa shape index (κ1) is 14.9. The molecule has 7 heteroatoms. The molecule has 1 atom stereocenters. The predicted molar refractivity (Wildman–Crippen MR) is 85.7 cm³/mol. The molecule has 3 rings (SSSR count). The smallest absolute Gasteiger partial charge is 0.247 e. The number of ether oxygens (including phenoxy) is 2. The molecule has 2 aromatic carbocycles. The quantitative estimate of drug-likeness (QED) is 0.429. The number of hydrogen-bond donors (Lipinski definition) is 0. The Morgan fingerprint density at radius 3 is 2.68 bits per heavy atom. The van der Waals surface area contributed by atoms with Crippen LogP contribution >= 0.6 is 23.2 Å². The van der Waals surface area contributed by atoms with Crippen LogP contribution in [0.5, 0.6) is 11.5 Å². The van der Waals surface area contributed by atoms with Gasteiger partial charge in [0.15, 0.2) is 11.5 Å². The number of aryl methyl sites for hydroxylation is 1. The molecule has 0 aromatic heterocycles. The number of rotatable bonds is 3. The van der Waals surface area contributed by atoms with E-state index in [0.717, 1.165) is 16.7 Å². The van der Waals surface area contributed by atoms with Gasteiger partial charge < -0.3 is 9.47 Å². The van der Waals surface area contributed by atoms with Crippen molar-refractivity contribution in [2.24, 2.45) is 5.11 Å². The Morgan fingerprint density at radius 1 is 1.14 bits per heavy atom. The average Bonchev–Trinajstić information content (AvgIpc) is 2.87. The minimum atomic E-state index is -0.643. The summed E-state index contributed by atoms with van der Waals surface area (Å²) >= 11 is 12.2. The van der Waals surface area contributed by atoms with Gasteiger partial charge in [-0.3, -0.25) is 0 Å². The van der Waals surface area contributed by atoms with Gasteiger partial charge in [0.05, 0.1) is 0 Å². The van der Waals surface area contributed by atoms with E-state index in [1.54, 1.807) is 6.07 Å².